The molecular formula is C23H18ClF4N7O. The number of carbonyl (C=O) groups is 1. The molecule has 186 valence electrons. The van der Waals surface area contributed by atoms with Crippen LogP contribution in [0.5, 0.6) is 0 Å². The second-order valence-electron chi connectivity index (χ2n) is 8.56. The Labute approximate surface area is 206 Å². The van der Waals surface area contributed by atoms with E-state index in [4.69, 9.17) is 17.3 Å². The van der Waals surface area contributed by atoms with Crippen LogP contribution in [0.2, 0.25) is 5.15 Å². The number of benzene rings is 1. The van der Waals surface area contributed by atoms with Crippen LogP contribution in [0.4, 0.5) is 29.2 Å². The predicted octanol–water partition coefficient (Wildman–Crippen LogP) is 4.70. The minimum atomic E-state index is -4.28. The third kappa shape index (κ3) is 4.00. The molecule has 3 N–H and O–H groups in total. The number of nitrogens with two attached hydrogens (primary N) is 1. The number of alkyl halides is 3. The quantitative estimate of drug-likeness (QED) is 0.370. The number of hydrogen-bond donors (Lipinski definition) is 2. The lowest BCUT2D eigenvalue weighted by Gasteiger charge is -2.23. The highest BCUT2D eigenvalue weighted by molar-refractivity contribution is 6.29. The van der Waals surface area contributed by atoms with E-state index in [0.29, 0.717) is 22.3 Å². The molecule has 36 heavy (non-hydrogen) atoms. The van der Waals surface area contributed by atoms with Crippen LogP contribution in [-0.4, -0.2) is 36.4 Å². The largest absolute Gasteiger partial charge is 0.389 e. The molecule has 4 aromatic rings. The normalized spacial score (nSPS) is 17.4. The molecule has 0 saturated carbocycles. The zero-order valence-electron chi connectivity index (χ0n) is 18.7. The third-order valence-corrected chi connectivity index (χ3v) is 6.38. The van der Waals surface area contributed by atoms with E-state index in [1.54, 1.807) is 6.92 Å². The van der Waals surface area contributed by atoms with E-state index >= 15 is 0 Å². The molecular weight excluding hydrogens is 502 g/mol. The van der Waals surface area contributed by atoms with E-state index in [1.165, 1.54) is 41.1 Å². The highest BCUT2D eigenvalue weighted by atomic mass is 35.5. The fourth-order valence-electron chi connectivity index (χ4n) is 4.39. The maximum atomic E-state index is 13.5. The molecule has 1 aliphatic heterocycles. The van der Waals surface area contributed by atoms with Gasteiger partial charge in [-0.05, 0) is 37.5 Å². The summed E-state index contributed by atoms with van der Waals surface area (Å²) >= 11 is 6.05. The molecule has 0 saturated heterocycles. The molecule has 1 amide bonds. The van der Waals surface area contributed by atoms with E-state index < -0.39 is 29.7 Å². The smallest absolute Gasteiger partial charge is 0.383 e. The van der Waals surface area contributed by atoms with Crippen molar-refractivity contribution in [3.63, 3.8) is 0 Å². The summed E-state index contributed by atoms with van der Waals surface area (Å²) in [5, 5.41) is 2.82. The van der Waals surface area contributed by atoms with Gasteiger partial charge in [-0.1, -0.05) is 23.7 Å². The minimum Gasteiger partial charge on any atom is -0.383 e. The molecule has 13 heteroatoms. The van der Waals surface area contributed by atoms with Crippen molar-refractivity contribution >= 4 is 34.7 Å². The van der Waals surface area contributed by atoms with Crippen LogP contribution in [0.25, 0.3) is 17.2 Å². The number of anilines is 2. The molecule has 0 fully saturated rings. The zero-order valence-corrected chi connectivity index (χ0v) is 19.5. The predicted molar refractivity (Wildman–Crippen MR) is 124 cm³/mol. The first-order valence-electron chi connectivity index (χ1n) is 10.8. The first-order chi connectivity index (χ1) is 17.0. The standard InChI is InChI=1S/C23H18ClF4N7O/c1-22(11-4-6-12(25)7-5-11)16-17(29)32-19(33-18(16)34-21(22)36)20-31-13(3-2-8-23(26,27)28)14-9-30-15(24)10-35(14)20/h4-7,9-10H,2-3,8H2,1H3,(H3,29,32,33,34,36). The SMILES string of the molecule is CC1(c2ccc(F)cc2)C(=O)Nc2nc(-c3nc(CCCC(F)(F)F)c4cnc(Cl)cn34)nc(N)c21. The van der Waals surface area contributed by atoms with Gasteiger partial charge in [0.25, 0.3) is 0 Å². The fraction of sp³-hybridized carbons (Fsp3) is 0.261. The number of imidazole rings is 1. The average molecular weight is 520 g/mol. The molecule has 1 aliphatic rings. The van der Waals surface area contributed by atoms with Gasteiger partial charge in [0.15, 0.2) is 11.6 Å². The number of carbonyl (C=O) groups excluding carboxylic acids is 1. The molecule has 8 nitrogen and oxygen atoms in total. The number of nitrogens with one attached hydrogen (secondary N) is 1. The number of aryl methyl sites for hydroxylation is 1. The number of nitrogen functional groups attached to an aromatic ring is 1. The zero-order chi connectivity index (χ0) is 25.8. The second-order valence-corrected chi connectivity index (χ2v) is 8.95. The molecule has 4 heterocycles. The van der Waals surface area contributed by atoms with Crippen molar-refractivity contribution in [3.8, 4) is 11.6 Å². The highest BCUT2D eigenvalue weighted by Crippen LogP contribution is 2.45. The van der Waals surface area contributed by atoms with Crippen LogP contribution in [0, 0.1) is 5.82 Å². The van der Waals surface area contributed by atoms with Gasteiger partial charge in [0.05, 0.1) is 23.0 Å². The Morgan fingerprint density at radius 1 is 1.17 bits per heavy atom. The van der Waals surface area contributed by atoms with E-state index in [1.807, 2.05) is 0 Å². The Kier molecular flexibility index (Phi) is 5.58. The third-order valence-electron chi connectivity index (χ3n) is 6.19. The molecule has 1 aromatic carbocycles. The monoisotopic (exact) mass is 519 g/mol. The van der Waals surface area contributed by atoms with Crippen molar-refractivity contribution in [2.24, 2.45) is 0 Å². The van der Waals surface area contributed by atoms with Crippen LogP contribution in [0.3, 0.4) is 0 Å². The van der Waals surface area contributed by atoms with Gasteiger partial charge in [0, 0.05) is 12.6 Å². The Hall–Kier alpha value is -3.80. The van der Waals surface area contributed by atoms with Gasteiger partial charge in [-0.2, -0.15) is 13.2 Å². The Bertz CT molecular complexity index is 1500. The molecule has 1 atom stereocenters. The van der Waals surface area contributed by atoms with Crippen molar-refractivity contribution < 1.29 is 22.4 Å². The Balaban J connectivity index is 1.60. The summed E-state index contributed by atoms with van der Waals surface area (Å²) in [5.41, 5.74) is 6.67. The van der Waals surface area contributed by atoms with Crippen molar-refractivity contribution in [1.82, 2.24) is 24.3 Å². The number of nitrogens with zero attached hydrogens (tertiary/aromatic N) is 5. The summed E-state index contributed by atoms with van der Waals surface area (Å²) in [6, 6.07) is 5.46. The Morgan fingerprint density at radius 3 is 2.58 bits per heavy atom. The molecule has 5 rings (SSSR count). The summed E-state index contributed by atoms with van der Waals surface area (Å²) in [6.07, 6.45) is -2.53. The minimum absolute atomic E-state index is 0.00398. The number of hydrogen-bond acceptors (Lipinski definition) is 6. The average Bonchev–Trinajstić information content (AvgIpc) is 3.28. The lowest BCUT2D eigenvalue weighted by atomic mass is 9.78. The number of fused-ring (bicyclic) bond motifs is 2. The van der Waals surface area contributed by atoms with Crippen LogP contribution >= 0.6 is 11.6 Å². The molecule has 0 radical (unpaired) electrons. The van der Waals surface area contributed by atoms with Crippen LogP contribution < -0.4 is 11.1 Å². The van der Waals surface area contributed by atoms with Crippen molar-refractivity contribution in [2.45, 2.75) is 37.8 Å². The molecule has 1 unspecified atom stereocenters. The van der Waals surface area contributed by atoms with E-state index in [0.717, 1.165) is 0 Å². The molecule has 0 bridgehead atoms. The second kappa shape index (κ2) is 8.40. The van der Waals surface area contributed by atoms with Gasteiger partial charge in [0.1, 0.15) is 28.0 Å². The summed E-state index contributed by atoms with van der Waals surface area (Å²) in [7, 11) is 0. The summed E-state index contributed by atoms with van der Waals surface area (Å²) in [4.78, 5) is 30.3. The summed E-state index contributed by atoms with van der Waals surface area (Å²) in [6.45, 7) is 1.63. The van der Waals surface area contributed by atoms with E-state index in [-0.39, 0.29) is 41.3 Å². The van der Waals surface area contributed by atoms with Gasteiger partial charge in [-0.25, -0.2) is 24.3 Å². The van der Waals surface area contributed by atoms with Gasteiger partial charge in [-0.15, -0.1) is 0 Å². The Morgan fingerprint density at radius 2 is 1.89 bits per heavy atom. The molecule has 0 spiro atoms. The van der Waals surface area contributed by atoms with E-state index in [9.17, 15) is 22.4 Å². The van der Waals surface area contributed by atoms with E-state index in [2.05, 4.69) is 25.3 Å². The first-order valence-corrected chi connectivity index (χ1v) is 11.2. The number of amides is 1. The van der Waals surface area contributed by atoms with Gasteiger partial charge in [0.2, 0.25) is 5.91 Å². The maximum absolute atomic E-state index is 13.5. The number of halogens is 5. The van der Waals surface area contributed by atoms with Gasteiger partial charge in [-0.3, -0.25) is 9.20 Å². The van der Waals surface area contributed by atoms with Gasteiger partial charge >= 0.3 is 6.18 Å². The first kappa shape index (κ1) is 23.9. The van der Waals surface area contributed by atoms with Crippen molar-refractivity contribution in [3.05, 3.63) is 64.5 Å². The lowest BCUT2D eigenvalue weighted by Crippen LogP contribution is -2.33. The van der Waals surface area contributed by atoms with Crippen molar-refractivity contribution in [1.29, 1.82) is 0 Å². The number of aromatic nitrogens is 5. The molecule has 0 aliphatic carbocycles. The summed E-state index contributed by atoms with van der Waals surface area (Å²) in [5.74, 6) is -0.508. The lowest BCUT2D eigenvalue weighted by molar-refractivity contribution is -0.135. The van der Waals surface area contributed by atoms with Crippen LogP contribution in [0.1, 0.15) is 36.6 Å². The van der Waals surface area contributed by atoms with Crippen LogP contribution in [0.15, 0.2) is 36.7 Å². The maximum Gasteiger partial charge on any atom is 0.389 e. The summed E-state index contributed by atoms with van der Waals surface area (Å²) < 4.78 is 53.0. The van der Waals surface area contributed by atoms with Crippen LogP contribution in [-0.2, 0) is 16.6 Å². The number of rotatable bonds is 5. The van der Waals surface area contributed by atoms with Crippen molar-refractivity contribution in [2.75, 3.05) is 11.1 Å². The highest BCUT2D eigenvalue weighted by Gasteiger charge is 2.47. The fourth-order valence-corrected chi connectivity index (χ4v) is 4.53. The van der Waals surface area contributed by atoms with Gasteiger partial charge < -0.3 is 11.1 Å². The topological polar surface area (TPSA) is 111 Å². The molecule has 3 aromatic heterocycles.